The van der Waals surface area contributed by atoms with Crippen molar-refractivity contribution in [2.24, 2.45) is 5.92 Å². The smallest absolute Gasteiger partial charge is 0.314 e. The Labute approximate surface area is 118 Å². The molecule has 0 aliphatic carbocycles. The molecule has 0 unspecified atom stereocenters. The van der Waals surface area contributed by atoms with Gasteiger partial charge in [-0.25, -0.2) is 9.78 Å². The quantitative estimate of drug-likeness (QED) is 0.860. The lowest BCUT2D eigenvalue weighted by atomic mass is 9.98. The number of carbonyl (C=O) groups is 1. The largest absolute Gasteiger partial charge is 0.376 e. The highest BCUT2D eigenvalue weighted by atomic mass is 16.5. The van der Waals surface area contributed by atoms with Gasteiger partial charge in [0.15, 0.2) is 0 Å². The summed E-state index contributed by atoms with van der Waals surface area (Å²) in [6.45, 7) is 3.15. The number of ether oxygens (including phenoxy) is 1. The van der Waals surface area contributed by atoms with E-state index in [0.717, 1.165) is 44.7 Å². The first-order valence-corrected chi connectivity index (χ1v) is 7.44. The van der Waals surface area contributed by atoms with E-state index in [1.807, 2.05) is 12.4 Å². The molecule has 2 atom stereocenters. The van der Waals surface area contributed by atoms with E-state index in [9.17, 15) is 4.79 Å². The molecule has 3 heterocycles. The van der Waals surface area contributed by atoms with E-state index in [1.54, 1.807) is 0 Å². The van der Waals surface area contributed by atoms with Crippen LogP contribution < -0.4 is 10.6 Å². The standard InChI is InChI=1S/C14H22N4O2/c19-14(17-10-12-2-1-7-20-12)16-9-11-3-5-18-6-4-15-13(18)8-11/h4,6,11-12H,1-3,5,7-10H2,(H2,16,17,19)/t11-,12+/m0/s1. The Morgan fingerprint density at radius 2 is 2.30 bits per heavy atom. The Bertz CT molecular complexity index is 454. The number of urea groups is 1. The molecule has 0 saturated carbocycles. The number of amides is 2. The summed E-state index contributed by atoms with van der Waals surface area (Å²) in [6.07, 6.45) is 8.25. The van der Waals surface area contributed by atoms with Crippen molar-refractivity contribution in [3.05, 3.63) is 18.2 Å². The van der Waals surface area contributed by atoms with E-state index >= 15 is 0 Å². The van der Waals surface area contributed by atoms with Crippen LogP contribution in [0.1, 0.15) is 25.1 Å². The van der Waals surface area contributed by atoms with Gasteiger partial charge >= 0.3 is 6.03 Å². The molecule has 1 saturated heterocycles. The van der Waals surface area contributed by atoms with Gasteiger partial charge in [0.05, 0.1) is 6.10 Å². The number of nitrogens with zero attached hydrogens (tertiary/aromatic N) is 2. The van der Waals surface area contributed by atoms with Gasteiger partial charge in [0.1, 0.15) is 5.82 Å². The number of carbonyl (C=O) groups excluding carboxylic acids is 1. The predicted octanol–water partition coefficient (Wildman–Crippen LogP) is 0.924. The Morgan fingerprint density at radius 1 is 1.40 bits per heavy atom. The number of aromatic nitrogens is 2. The summed E-state index contributed by atoms with van der Waals surface area (Å²) >= 11 is 0. The van der Waals surface area contributed by atoms with E-state index in [4.69, 9.17) is 4.74 Å². The number of aryl methyl sites for hydroxylation is 1. The molecule has 0 spiro atoms. The first-order chi connectivity index (χ1) is 9.81. The third-order valence-electron chi connectivity index (χ3n) is 4.12. The van der Waals surface area contributed by atoms with Gasteiger partial charge < -0.3 is 19.9 Å². The maximum atomic E-state index is 11.7. The predicted molar refractivity (Wildman–Crippen MR) is 74.4 cm³/mol. The molecule has 1 fully saturated rings. The average Bonchev–Trinajstić information content (AvgIpc) is 3.13. The molecule has 2 amide bonds. The van der Waals surface area contributed by atoms with Crippen LogP contribution in [-0.2, 0) is 17.7 Å². The zero-order valence-corrected chi connectivity index (χ0v) is 11.7. The lowest BCUT2D eigenvalue weighted by Gasteiger charge is -2.23. The summed E-state index contributed by atoms with van der Waals surface area (Å²) in [5, 5.41) is 5.84. The van der Waals surface area contributed by atoms with Crippen molar-refractivity contribution in [3.8, 4) is 0 Å². The first kappa shape index (κ1) is 13.4. The highest BCUT2D eigenvalue weighted by Crippen LogP contribution is 2.18. The maximum absolute atomic E-state index is 11.7. The van der Waals surface area contributed by atoms with E-state index < -0.39 is 0 Å². The van der Waals surface area contributed by atoms with Gasteiger partial charge in [0, 0.05) is 45.1 Å². The zero-order valence-electron chi connectivity index (χ0n) is 11.7. The fraction of sp³-hybridized carbons (Fsp3) is 0.714. The minimum atomic E-state index is -0.0885. The highest BCUT2D eigenvalue weighted by molar-refractivity contribution is 5.73. The summed E-state index contributed by atoms with van der Waals surface area (Å²) in [6, 6.07) is -0.0885. The Kier molecular flexibility index (Phi) is 4.20. The zero-order chi connectivity index (χ0) is 13.8. The summed E-state index contributed by atoms with van der Waals surface area (Å²) in [5.41, 5.74) is 0. The third-order valence-corrected chi connectivity index (χ3v) is 4.12. The van der Waals surface area contributed by atoms with E-state index in [0.29, 0.717) is 19.0 Å². The molecule has 0 bridgehead atoms. The van der Waals surface area contributed by atoms with Crippen molar-refractivity contribution in [3.63, 3.8) is 0 Å². The molecule has 2 aliphatic rings. The number of hydrogen-bond acceptors (Lipinski definition) is 3. The van der Waals surface area contributed by atoms with Crippen LogP contribution in [-0.4, -0.2) is 41.4 Å². The summed E-state index contributed by atoms with van der Waals surface area (Å²) < 4.78 is 7.66. The molecular formula is C14H22N4O2. The van der Waals surface area contributed by atoms with Crippen LogP contribution in [0.4, 0.5) is 4.79 Å². The Hall–Kier alpha value is -1.56. The Morgan fingerprint density at radius 3 is 3.15 bits per heavy atom. The molecule has 1 aromatic rings. The summed E-state index contributed by atoms with van der Waals surface area (Å²) in [5.74, 6) is 1.61. The molecule has 1 aromatic heterocycles. The second kappa shape index (κ2) is 6.26. The highest BCUT2D eigenvalue weighted by Gasteiger charge is 2.20. The number of nitrogens with one attached hydrogen (secondary N) is 2. The van der Waals surface area contributed by atoms with Crippen LogP contribution in [0.3, 0.4) is 0 Å². The van der Waals surface area contributed by atoms with Crippen molar-refractivity contribution >= 4 is 6.03 Å². The van der Waals surface area contributed by atoms with Crippen LogP contribution in [0.15, 0.2) is 12.4 Å². The SMILES string of the molecule is O=C(NC[C@H]1CCn2ccnc2C1)NC[C@H]1CCCO1. The van der Waals surface area contributed by atoms with Gasteiger partial charge in [-0.05, 0) is 25.2 Å². The number of rotatable bonds is 4. The van der Waals surface area contributed by atoms with Crippen LogP contribution in [0.25, 0.3) is 0 Å². The molecule has 2 N–H and O–H groups in total. The average molecular weight is 278 g/mol. The fourth-order valence-corrected chi connectivity index (χ4v) is 2.90. The number of imidazole rings is 1. The second-order valence-electron chi connectivity index (χ2n) is 5.62. The van der Waals surface area contributed by atoms with Crippen molar-refractivity contribution in [2.75, 3.05) is 19.7 Å². The summed E-state index contributed by atoms with van der Waals surface area (Å²) in [4.78, 5) is 16.1. The minimum absolute atomic E-state index is 0.0885. The van der Waals surface area contributed by atoms with Gasteiger partial charge in [0.25, 0.3) is 0 Å². The molecule has 0 aromatic carbocycles. The van der Waals surface area contributed by atoms with Crippen molar-refractivity contribution in [1.29, 1.82) is 0 Å². The molecule has 6 nitrogen and oxygen atoms in total. The molecule has 2 aliphatic heterocycles. The van der Waals surface area contributed by atoms with Crippen LogP contribution in [0, 0.1) is 5.92 Å². The molecule has 3 rings (SSSR count). The summed E-state index contributed by atoms with van der Waals surface area (Å²) in [7, 11) is 0. The van der Waals surface area contributed by atoms with Crippen molar-refractivity contribution in [1.82, 2.24) is 20.2 Å². The van der Waals surface area contributed by atoms with Crippen molar-refractivity contribution in [2.45, 2.75) is 38.3 Å². The molecule has 0 radical (unpaired) electrons. The van der Waals surface area contributed by atoms with Gasteiger partial charge in [-0.1, -0.05) is 0 Å². The number of fused-ring (bicyclic) bond motifs is 1. The van der Waals surface area contributed by atoms with Gasteiger partial charge in [-0.2, -0.15) is 0 Å². The van der Waals surface area contributed by atoms with Crippen LogP contribution in [0.2, 0.25) is 0 Å². The van der Waals surface area contributed by atoms with Gasteiger partial charge in [-0.15, -0.1) is 0 Å². The monoisotopic (exact) mass is 278 g/mol. The lowest BCUT2D eigenvalue weighted by Crippen LogP contribution is -2.42. The lowest BCUT2D eigenvalue weighted by molar-refractivity contribution is 0.111. The van der Waals surface area contributed by atoms with Crippen LogP contribution in [0.5, 0.6) is 0 Å². The van der Waals surface area contributed by atoms with E-state index in [2.05, 4.69) is 20.2 Å². The van der Waals surface area contributed by atoms with Gasteiger partial charge in [0.2, 0.25) is 0 Å². The number of hydrogen-bond donors (Lipinski definition) is 2. The molecular weight excluding hydrogens is 256 g/mol. The topological polar surface area (TPSA) is 68.2 Å². The maximum Gasteiger partial charge on any atom is 0.314 e. The first-order valence-electron chi connectivity index (χ1n) is 7.44. The Balaban J connectivity index is 1.36. The van der Waals surface area contributed by atoms with E-state index in [1.165, 1.54) is 0 Å². The second-order valence-corrected chi connectivity index (χ2v) is 5.62. The molecule has 20 heavy (non-hydrogen) atoms. The van der Waals surface area contributed by atoms with E-state index in [-0.39, 0.29) is 12.1 Å². The molecule has 6 heteroatoms. The normalized spacial score (nSPS) is 25.2. The van der Waals surface area contributed by atoms with Gasteiger partial charge in [-0.3, -0.25) is 0 Å². The molecule has 110 valence electrons. The van der Waals surface area contributed by atoms with Crippen LogP contribution >= 0.6 is 0 Å². The minimum Gasteiger partial charge on any atom is -0.376 e. The fourth-order valence-electron chi connectivity index (χ4n) is 2.90. The van der Waals surface area contributed by atoms with Crippen molar-refractivity contribution < 1.29 is 9.53 Å². The third kappa shape index (κ3) is 3.30.